The van der Waals surface area contributed by atoms with E-state index in [9.17, 15) is 77.6 Å². The van der Waals surface area contributed by atoms with Gasteiger partial charge in [-0.05, 0) is 130 Å². The van der Waals surface area contributed by atoms with Gasteiger partial charge in [0.25, 0.3) is 0 Å². The number of carboxylic acid groups (broad SMARTS) is 1. The summed E-state index contributed by atoms with van der Waals surface area (Å²) in [7, 11) is 0. The van der Waals surface area contributed by atoms with Crippen molar-refractivity contribution in [1.29, 1.82) is 5.41 Å². The van der Waals surface area contributed by atoms with Crippen molar-refractivity contribution >= 4 is 82.7 Å². The summed E-state index contributed by atoms with van der Waals surface area (Å²) in [5.74, 6) is -14.2. The average Bonchev–Trinajstić information content (AvgIpc) is 0.828. The molecule has 38 nitrogen and oxygen atoms in total. The highest BCUT2D eigenvalue weighted by molar-refractivity contribution is 6.06. The molecule has 0 aliphatic rings. The molecule has 1 heterocycles. The van der Waals surface area contributed by atoms with E-state index in [4.69, 9.17) is 45.7 Å². The van der Waals surface area contributed by atoms with Crippen LogP contribution in [-0.2, 0) is 120 Å². The molecule has 12 amide bonds. The lowest BCUT2D eigenvalue weighted by molar-refractivity contribution is -0.143. The van der Waals surface area contributed by atoms with Crippen LogP contribution in [-0.4, -0.2) is 253 Å². The standard InChI is InChI=1S/C86H123FN16O22/c1-8-10-13-35-125-62-27-28-63(58(9-2)45-62)59-25-23-56(24-26-59)44-67(78(114)98-65(76(90)112)18-14-15-55-19-21-57(22-20-55)48-93-70(107)32-36-121-38-40-123-42-43-124-41-39-122-37-34-104)99-79(115)68(46-73(110)111)97-71(108)50-95-80(116)74(53(3)105)102-84(120)86(7,47-60-16-11-12-17-64(60)87)103-81(117)75(54(4)106)101-72(109)51-94-77(113)66(29-30-69(88)89)100-83(119)85(5,6)82(118)92-33-31-61-49-91-52-96-61/h11-12,16-17,19-28,45,49,52-54,65-68,74-75,104-106H,8-10,13-15,18,29-44,46-48,50-51H2,1-7H3,(H3,88,89)(H2,90,112)(H,91,96)(H,92,118)(H,93,107)(H,94,113)(H,95,116)(H,97,108)(H,98,114)(H,99,115)(H,100,119)(H,101,109)(H,102,120)(H,103,117)(H,110,111)/t53-,54-,65+,66+,67+,68+,74+,75+,86?/m1/s1. The molecule has 0 radical (unpaired) electrons. The molecular formula is C86H123FN16O22. The Kier molecular flexibility index (Phi) is 45.3. The number of aliphatic carboxylic acids is 1. The number of carbonyl (C=O) groups is 13. The molecule has 9 atom stereocenters. The van der Waals surface area contributed by atoms with Crippen molar-refractivity contribution in [3.8, 4) is 16.9 Å². The van der Waals surface area contributed by atoms with Gasteiger partial charge in [-0.1, -0.05) is 99.5 Å². The molecular weight excluding hydrogens is 1630 g/mol. The number of rotatable bonds is 61. The van der Waals surface area contributed by atoms with Crippen molar-refractivity contribution in [3.63, 3.8) is 0 Å². The molecule has 1 unspecified atom stereocenters. The first-order valence-electron chi connectivity index (χ1n) is 41.6. The number of aliphatic hydroxyl groups excluding tert-OH is 3. The number of aliphatic hydroxyl groups is 3. The Balaban J connectivity index is 1.26. The van der Waals surface area contributed by atoms with Crippen molar-refractivity contribution in [2.75, 3.05) is 85.7 Å². The number of hydrogen-bond donors (Lipinski definition) is 19. The van der Waals surface area contributed by atoms with Crippen LogP contribution >= 0.6 is 0 Å². The number of imidazole rings is 1. The number of nitrogens with one attached hydrogen (secondary N) is 13. The van der Waals surface area contributed by atoms with Gasteiger partial charge < -0.3 is 119 Å². The second kappa shape index (κ2) is 54.7. The molecule has 0 spiro atoms. The SMILES string of the molecule is CCCCCOc1ccc(-c2ccc(C[C@H](NC(=O)[C@H](CC(=O)O)NC(=O)CNC(=O)[C@@H](NC(=O)C(C)(Cc3ccccc3F)NC(=O)[C@@H](NC(=O)CNC(=O)[C@H](CCC(=N)N)NC(=O)C(C)(C)C(=O)NCCc3cnc[nH]3)[C@@H](C)O)[C@@H](C)O)C(=O)N[C@@H](CCCc3ccc(CNC(=O)CCOCCOCCOCCOCCO)cc3)C(N)=O)cc2)c(CC)c1. The number of primary amides is 1. The third-order valence-corrected chi connectivity index (χ3v) is 19.9. The number of nitrogens with two attached hydrogens (primary N) is 2. The third-order valence-electron chi connectivity index (χ3n) is 19.9. The van der Waals surface area contributed by atoms with Crippen LogP contribution in [0, 0.1) is 16.6 Å². The molecule has 0 saturated carbocycles. The molecule has 21 N–H and O–H groups in total. The Morgan fingerprint density at radius 3 is 1.76 bits per heavy atom. The number of hydrogen-bond acceptors (Lipinski definition) is 23. The van der Waals surface area contributed by atoms with Crippen LogP contribution < -0.4 is 74.7 Å². The van der Waals surface area contributed by atoms with E-state index in [-0.39, 0.29) is 88.9 Å². The van der Waals surface area contributed by atoms with E-state index in [0.29, 0.717) is 76.6 Å². The monoisotopic (exact) mass is 1750 g/mol. The number of carbonyl (C=O) groups excluding carboxylic acids is 12. The Hall–Kier alpha value is -11.9. The molecule has 1 aromatic heterocycles. The first-order valence-corrected chi connectivity index (χ1v) is 41.6. The number of halogens is 1. The van der Waals surface area contributed by atoms with E-state index in [1.54, 1.807) is 18.3 Å². The summed E-state index contributed by atoms with van der Waals surface area (Å²) in [6, 6.07) is 14.9. The van der Waals surface area contributed by atoms with E-state index in [1.165, 1.54) is 38.4 Å². The molecule has 5 aromatic rings. The smallest absolute Gasteiger partial charge is 0.305 e. The van der Waals surface area contributed by atoms with Gasteiger partial charge in [-0.2, -0.15) is 0 Å². The predicted molar refractivity (Wildman–Crippen MR) is 455 cm³/mol. The highest BCUT2D eigenvalue weighted by atomic mass is 19.1. The minimum Gasteiger partial charge on any atom is -0.494 e. The molecule has 0 saturated heterocycles. The molecule has 125 heavy (non-hydrogen) atoms. The van der Waals surface area contributed by atoms with Gasteiger partial charge in [0.2, 0.25) is 70.9 Å². The van der Waals surface area contributed by atoms with Gasteiger partial charge in [0, 0.05) is 57.1 Å². The Bertz CT molecular complexity index is 4330. The maximum Gasteiger partial charge on any atom is 0.305 e. The zero-order valence-corrected chi connectivity index (χ0v) is 71.8. The second-order valence-electron chi connectivity index (χ2n) is 30.6. The number of aromatic amines is 1. The van der Waals surface area contributed by atoms with E-state index in [2.05, 4.69) is 75.4 Å². The summed E-state index contributed by atoms with van der Waals surface area (Å²) in [5, 5.41) is 75.3. The molecule has 39 heteroatoms. The van der Waals surface area contributed by atoms with Crippen LogP contribution in [0.4, 0.5) is 4.39 Å². The van der Waals surface area contributed by atoms with Gasteiger partial charge in [0.1, 0.15) is 58.8 Å². The van der Waals surface area contributed by atoms with Gasteiger partial charge in [-0.25, -0.2) is 9.37 Å². The average molecular weight is 1750 g/mol. The zero-order chi connectivity index (χ0) is 92.0. The summed E-state index contributed by atoms with van der Waals surface area (Å²) in [5.41, 5.74) is 12.7. The number of unbranched alkanes of at least 4 members (excludes halogenated alkanes) is 2. The lowest BCUT2D eigenvalue weighted by Gasteiger charge is -2.34. The molecule has 0 bridgehead atoms. The number of nitrogens with zero attached hydrogens (tertiary/aromatic N) is 1. The number of ether oxygens (including phenoxy) is 5. The lowest BCUT2D eigenvalue weighted by atomic mass is 9.90. The van der Waals surface area contributed by atoms with Crippen LogP contribution in [0.25, 0.3) is 11.1 Å². The maximum absolute atomic E-state index is 15.5. The normalized spacial score (nSPS) is 13.7. The van der Waals surface area contributed by atoms with Gasteiger partial charge in [0.15, 0.2) is 0 Å². The van der Waals surface area contributed by atoms with Gasteiger partial charge in [-0.3, -0.25) is 67.7 Å². The fourth-order valence-electron chi connectivity index (χ4n) is 12.5. The van der Waals surface area contributed by atoms with Crippen molar-refractivity contribution in [2.24, 2.45) is 16.9 Å². The topological polar surface area (TPSA) is 586 Å². The van der Waals surface area contributed by atoms with Crippen molar-refractivity contribution in [2.45, 2.75) is 199 Å². The lowest BCUT2D eigenvalue weighted by Crippen LogP contribution is -2.66. The molecule has 5 rings (SSSR count). The number of amides is 12. The Morgan fingerprint density at radius 1 is 0.560 bits per heavy atom. The number of H-pyrrole nitrogens is 1. The molecule has 0 fully saturated rings. The second-order valence-corrected chi connectivity index (χ2v) is 30.6. The van der Waals surface area contributed by atoms with Gasteiger partial charge in [-0.15, -0.1) is 0 Å². The van der Waals surface area contributed by atoms with E-state index in [0.717, 1.165) is 79.7 Å². The number of aryl methyl sites for hydroxylation is 2. The minimum atomic E-state index is -2.36. The van der Waals surface area contributed by atoms with E-state index >= 15 is 4.39 Å². The number of amidine groups is 1. The van der Waals surface area contributed by atoms with Crippen LogP contribution in [0.5, 0.6) is 5.75 Å². The van der Waals surface area contributed by atoms with Crippen LogP contribution in [0.3, 0.4) is 0 Å². The molecule has 0 aliphatic carbocycles. The Labute approximate surface area is 725 Å². The molecule has 4 aromatic carbocycles. The van der Waals surface area contributed by atoms with Crippen molar-refractivity contribution in [3.05, 3.63) is 143 Å². The van der Waals surface area contributed by atoms with E-state index in [1.807, 2.05) is 61.5 Å². The largest absolute Gasteiger partial charge is 0.494 e. The van der Waals surface area contributed by atoms with E-state index < -0.39 is 162 Å². The summed E-state index contributed by atoms with van der Waals surface area (Å²) in [6.45, 7) is 11.3. The Morgan fingerprint density at radius 2 is 1.16 bits per heavy atom. The predicted octanol–water partition coefficient (Wildman–Crippen LogP) is 0.0593. The molecule has 0 aliphatic heterocycles. The molecule has 686 valence electrons. The first kappa shape index (κ1) is 104. The zero-order valence-electron chi connectivity index (χ0n) is 71.8. The quantitative estimate of drug-likeness (QED) is 0.0106. The number of carboxylic acids is 1. The van der Waals surface area contributed by atoms with Gasteiger partial charge in [0.05, 0.1) is 110 Å². The summed E-state index contributed by atoms with van der Waals surface area (Å²) >= 11 is 0. The fourth-order valence-corrected chi connectivity index (χ4v) is 12.5. The maximum atomic E-state index is 15.5. The van der Waals surface area contributed by atoms with Crippen molar-refractivity contribution < 1.29 is 111 Å². The van der Waals surface area contributed by atoms with Crippen LogP contribution in [0.15, 0.2) is 104 Å². The minimum absolute atomic E-state index is 0.0196. The van der Waals surface area contributed by atoms with Crippen LogP contribution in [0.2, 0.25) is 0 Å². The highest BCUT2D eigenvalue weighted by Gasteiger charge is 2.43. The fraction of sp³-hybridized carbons (Fsp3) is 0.523. The number of benzene rings is 4. The van der Waals surface area contributed by atoms with Crippen molar-refractivity contribution in [1.82, 2.24) is 68.5 Å². The third kappa shape index (κ3) is 37.6. The summed E-state index contributed by atoms with van der Waals surface area (Å²) in [4.78, 5) is 185. The van der Waals surface area contributed by atoms with Gasteiger partial charge >= 0.3 is 5.97 Å². The summed E-state index contributed by atoms with van der Waals surface area (Å²) < 4.78 is 43.0. The first-order chi connectivity index (χ1) is 59.6. The highest BCUT2D eigenvalue weighted by Crippen LogP contribution is 2.30. The van der Waals surface area contributed by atoms with Crippen LogP contribution in [0.1, 0.15) is 140 Å². The summed E-state index contributed by atoms with van der Waals surface area (Å²) in [6.07, 6.45) is 1.72. The number of aromatic nitrogens is 2.